The maximum atomic E-state index is 2.58. The largest absolute Gasteiger partial charge is 0.310 e. The van der Waals surface area contributed by atoms with Crippen molar-refractivity contribution in [3.8, 4) is 111 Å². The van der Waals surface area contributed by atoms with Crippen LogP contribution in [-0.2, 0) is 16.2 Å². The normalized spacial score (nSPS) is 13.2. The molecule has 0 saturated carbocycles. The quantitative estimate of drug-likeness (QED) is 0.120. The minimum atomic E-state index is -0.569. The number of hydrogen-bond donors (Lipinski definition) is 0. The van der Waals surface area contributed by atoms with Gasteiger partial charge in [-0.15, -0.1) is 0 Å². The number of anilines is 6. The Kier molecular flexibility index (Phi) is 15.0. The lowest BCUT2D eigenvalue weighted by atomic mass is 9.70. The van der Waals surface area contributed by atoms with Gasteiger partial charge in [0.1, 0.15) is 0 Å². The van der Waals surface area contributed by atoms with E-state index >= 15 is 0 Å². The van der Waals surface area contributed by atoms with Gasteiger partial charge in [0.2, 0.25) is 0 Å². The molecule has 0 N–H and O–H groups in total. The van der Waals surface area contributed by atoms with Gasteiger partial charge in [-0.05, 0) is 258 Å². The summed E-state index contributed by atoms with van der Waals surface area (Å²) in [6.07, 6.45) is 0. The van der Waals surface area contributed by atoms with Gasteiger partial charge in [0, 0.05) is 34.1 Å². The van der Waals surface area contributed by atoms with Gasteiger partial charge in [-0.1, -0.05) is 336 Å². The van der Waals surface area contributed by atoms with E-state index in [1.165, 1.54) is 117 Å². The summed E-state index contributed by atoms with van der Waals surface area (Å²) in [5.74, 6) is 0. The number of rotatable bonds is 12. The van der Waals surface area contributed by atoms with Crippen LogP contribution in [0.5, 0.6) is 0 Å². The van der Waals surface area contributed by atoms with Crippen molar-refractivity contribution in [2.75, 3.05) is 9.80 Å². The minimum Gasteiger partial charge on any atom is -0.310 e. The van der Waals surface area contributed by atoms with Crippen LogP contribution in [-0.4, -0.2) is 0 Å². The zero-order valence-corrected chi connectivity index (χ0v) is 61.6. The standard InChI is InChI=1S/C108H76N2/c1-106(2,3)83-66-88(109(86-60-79(73-34-14-6-15-35-73)58-80(61-86)74-36-16-7-17-37-74)84-52-56-104-96(69-84)94-64-77(71-30-10-4-11-31-71)50-54-102(94)107(104)98-46-26-22-42-90(98)91-43-23-27-47-99(91)107)68-89(67-83)110(87-62-81(75-38-18-8-19-39-75)59-82(63-87)76-40-20-9-21-41-76)85-53-57-105-97(70-85)95-65-78(72-32-12-5-13-33-72)51-55-103(95)108(105)100-48-28-24-44-92(100)93-45-25-29-49-101(93)108/h4-70H,1-3H3. The van der Waals surface area contributed by atoms with Gasteiger partial charge >= 0.3 is 0 Å². The Morgan fingerprint density at radius 3 is 0.691 bits per heavy atom. The molecule has 0 unspecified atom stereocenters. The van der Waals surface area contributed by atoms with Crippen LogP contribution >= 0.6 is 0 Å². The van der Waals surface area contributed by atoms with E-state index < -0.39 is 10.8 Å². The Bertz CT molecular complexity index is 5900. The Morgan fingerprint density at radius 1 is 0.164 bits per heavy atom. The molecule has 4 aliphatic carbocycles. The highest BCUT2D eigenvalue weighted by molar-refractivity contribution is 6.01. The Balaban J connectivity index is 0.856. The van der Waals surface area contributed by atoms with Crippen molar-refractivity contribution in [3.05, 3.63) is 457 Å². The molecule has 17 aromatic rings. The topological polar surface area (TPSA) is 6.48 Å². The van der Waals surface area contributed by atoms with Crippen molar-refractivity contribution >= 4 is 34.1 Å². The molecule has 0 heterocycles. The van der Waals surface area contributed by atoms with Crippen LogP contribution < -0.4 is 9.80 Å². The summed E-state index contributed by atoms with van der Waals surface area (Å²) in [7, 11) is 0. The average Bonchev–Trinajstić information content (AvgIpc) is 1.51. The molecule has 0 saturated heterocycles. The number of benzene rings is 17. The van der Waals surface area contributed by atoms with Gasteiger partial charge in [0.25, 0.3) is 0 Å². The van der Waals surface area contributed by atoms with Crippen molar-refractivity contribution < 1.29 is 0 Å². The van der Waals surface area contributed by atoms with E-state index in [0.29, 0.717) is 0 Å². The van der Waals surface area contributed by atoms with Gasteiger partial charge in [-0.3, -0.25) is 0 Å². The third-order valence-electron chi connectivity index (χ3n) is 23.9. The van der Waals surface area contributed by atoms with Crippen LogP contribution in [0.25, 0.3) is 111 Å². The third-order valence-corrected chi connectivity index (χ3v) is 23.9. The molecule has 21 rings (SSSR count). The van der Waals surface area contributed by atoms with Gasteiger partial charge in [0.05, 0.1) is 10.8 Å². The van der Waals surface area contributed by atoms with Crippen molar-refractivity contribution in [2.24, 2.45) is 0 Å². The smallest absolute Gasteiger partial charge is 0.0725 e. The second kappa shape index (κ2) is 25.5. The predicted molar refractivity (Wildman–Crippen MR) is 460 cm³/mol. The molecule has 0 fully saturated rings. The molecule has 518 valence electrons. The molecular formula is C108H76N2. The lowest BCUT2D eigenvalue weighted by Gasteiger charge is -2.34. The summed E-state index contributed by atoms with van der Waals surface area (Å²) in [5.41, 5.74) is 40.3. The molecule has 0 atom stereocenters. The Morgan fingerprint density at radius 2 is 0.400 bits per heavy atom. The van der Waals surface area contributed by atoms with Gasteiger partial charge in [-0.25, -0.2) is 0 Å². The van der Waals surface area contributed by atoms with E-state index in [1.54, 1.807) is 0 Å². The van der Waals surface area contributed by atoms with Crippen LogP contribution in [0, 0.1) is 0 Å². The Hall–Kier alpha value is -13.7. The van der Waals surface area contributed by atoms with E-state index in [4.69, 9.17) is 0 Å². The fourth-order valence-electron chi connectivity index (χ4n) is 19.0. The maximum absolute atomic E-state index is 2.58. The summed E-state index contributed by atoms with van der Waals surface area (Å²) < 4.78 is 0. The third kappa shape index (κ3) is 10.2. The van der Waals surface area contributed by atoms with Crippen LogP contribution in [0.2, 0.25) is 0 Å². The first-order valence-corrected chi connectivity index (χ1v) is 38.5. The zero-order chi connectivity index (χ0) is 73.2. The van der Waals surface area contributed by atoms with Crippen LogP contribution in [0.1, 0.15) is 70.8 Å². The monoisotopic (exact) mass is 1400 g/mol. The number of nitrogens with zero attached hydrogens (tertiary/aromatic N) is 2. The number of hydrogen-bond acceptors (Lipinski definition) is 2. The molecule has 2 spiro atoms. The molecule has 0 radical (unpaired) electrons. The summed E-state index contributed by atoms with van der Waals surface area (Å²) in [5, 5.41) is 0. The van der Waals surface area contributed by atoms with Gasteiger partial charge in [-0.2, -0.15) is 0 Å². The van der Waals surface area contributed by atoms with Crippen molar-refractivity contribution in [2.45, 2.75) is 37.0 Å². The van der Waals surface area contributed by atoms with E-state index in [9.17, 15) is 0 Å². The van der Waals surface area contributed by atoms with E-state index in [-0.39, 0.29) is 5.41 Å². The fourth-order valence-corrected chi connectivity index (χ4v) is 19.0. The molecule has 0 amide bonds. The first-order valence-electron chi connectivity index (χ1n) is 38.5. The molecule has 0 bridgehead atoms. The average molecular weight is 1400 g/mol. The summed E-state index contributed by atoms with van der Waals surface area (Å²) in [4.78, 5) is 5.16. The molecule has 4 aliphatic rings. The first-order chi connectivity index (χ1) is 54.1. The van der Waals surface area contributed by atoms with E-state index in [2.05, 4.69) is 437 Å². The molecule has 0 aliphatic heterocycles. The SMILES string of the molecule is CC(C)(C)c1cc(N(c2cc(-c3ccccc3)cc(-c3ccccc3)c2)c2ccc3c(c2)-c2cc(-c4ccccc4)ccc2C32c3ccccc3-c3ccccc32)cc(N(c2cc(-c3ccccc3)cc(-c3ccccc3)c2)c2ccc3c(c2)-c2cc(-c4ccccc4)ccc2C32c3ccccc3-c3ccccc32)c1. The van der Waals surface area contributed by atoms with Crippen LogP contribution in [0.3, 0.4) is 0 Å². The highest BCUT2D eigenvalue weighted by Crippen LogP contribution is 2.66. The zero-order valence-electron chi connectivity index (χ0n) is 61.6. The summed E-state index contributed by atoms with van der Waals surface area (Å²) >= 11 is 0. The summed E-state index contributed by atoms with van der Waals surface area (Å²) in [6.45, 7) is 7.12. The van der Waals surface area contributed by atoms with E-state index in [1.807, 2.05) is 0 Å². The van der Waals surface area contributed by atoms with Crippen LogP contribution in [0.4, 0.5) is 34.1 Å². The summed E-state index contributed by atoms with van der Waals surface area (Å²) in [6, 6.07) is 154. The second-order valence-corrected chi connectivity index (χ2v) is 31.1. The fraction of sp³-hybridized carbons (Fsp3) is 0.0556. The van der Waals surface area contributed by atoms with Gasteiger partial charge < -0.3 is 9.80 Å². The maximum Gasteiger partial charge on any atom is 0.0725 e. The molecule has 17 aromatic carbocycles. The molecule has 2 nitrogen and oxygen atoms in total. The van der Waals surface area contributed by atoms with E-state index in [0.717, 1.165) is 78.6 Å². The molecule has 2 heteroatoms. The Labute approximate surface area is 644 Å². The molecular weight excluding hydrogens is 1330 g/mol. The highest BCUT2D eigenvalue weighted by atomic mass is 15.2. The lowest BCUT2D eigenvalue weighted by molar-refractivity contribution is 0.590. The number of fused-ring (bicyclic) bond motifs is 20. The van der Waals surface area contributed by atoms with Gasteiger partial charge in [0.15, 0.2) is 0 Å². The lowest BCUT2D eigenvalue weighted by Crippen LogP contribution is -2.26. The minimum absolute atomic E-state index is 0.342. The predicted octanol–water partition coefficient (Wildman–Crippen LogP) is 28.6. The first kappa shape index (κ1) is 64.7. The molecule has 110 heavy (non-hydrogen) atoms. The van der Waals surface area contributed by atoms with Crippen molar-refractivity contribution in [1.82, 2.24) is 0 Å². The van der Waals surface area contributed by atoms with Crippen LogP contribution in [0.15, 0.2) is 406 Å². The highest BCUT2D eigenvalue weighted by Gasteiger charge is 2.54. The molecule has 0 aromatic heterocycles. The van der Waals surface area contributed by atoms with Crippen molar-refractivity contribution in [3.63, 3.8) is 0 Å². The van der Waals surface area contributed by atoms with Crippen molar-refractivity contribution in [1.29, 1.82) is 0 Å². The second-order valence-electron chi connectivity index (χ2n) is 31.1.